The lowest BCUT2D eigenvalue weighted by atomic mass is 10.2. The van der Waals surface area contributed by atoms with Gasteiger partial charge in [-0.2, -0.15) is 0 Å². The second-order valence-corrected chi connectivity index (χ2v) is 5.78. The van der Waals surface area contributed by atoms with Crippen molar-refractivity contribution in [2.75, 3.05) is 5.32 Å². The molecule has 106 valence electrons. The highest BCUT2D eigenvalue weighted by Crippen LogP contribution is 2.12. The van der Waals surface area contributed by atoms with Crippen LogP contribution in [0.1, 0.15) is 46.4 Å². The van der Waals surface area contributed by atoms with Gasteiger partial charge in [0.25, 0.3) is 5.56 Å². The molecule has 0 fully saturated rings. The summed E-state index contributed by atoms with van der Waals surface area (Å²) in [5.41, 5.74) is 0.274. The minimum absolute atomic E-state index is 0.0351. The molecular formula is C14H22N2O3. The molecule has 5 nitrogen and oxygen atoms in total. The van der Waals surface area contributed by atoms with E-state index in [0.717, 1.165) is 5.69 Å². The van der Waals surface area contributed by atoms with E-state index in [2.05, 4.69) is 5.32 Å². The van der Waals surface area contributed by atoms with Gasteiger partial charge in [0.05, 0.1) is 0 Å². The Morgan fingerprint density at radius 1 is 1.32 bits per heavy atom. The standard InChI is InChI=1S/C14H22N2O3/c1-9(2)16-10(3)7-8-11(12(16)17)15-13(18)19-14(4,5)6/h7-9H,1-6H3,(H,15,18). The minimum atomic E-state index is -0.622. The number of aromatic nitrogens is 1. The number of hydrogen-bond donors (Lipinski definition) is 1. The van der Waals surface area contributed by atoms with Gasteiger partial charge in [0.1, 0.15) is 11.3 Å². The van der Waals surface area contributed by atoms with Crippen molar-refractivity contribution in [1.82, 2.24) is 4.57 Å². The molecule has 0 unspecified atom stereocenters. The van der Waals surface area contributed by atoms with Crippen LogP contribution >= 0.6 is 0 Å². The molecule has 0 saturated heterocycles. The molecule has 19 heavy (non-hydrogen) atoms. The van der Waals surface area contributed by atoms with Gasteiger partial charge in [0, 0.05) is 11.7 Å². The number of nitrogens with one attached hydrogen (secondary N) is 1. The summed E-state index contributed by atoms with van der Waals surface area (Å²) < 4.78 is 6.76. The van der Waals surface area contributed by atoms with E-state index in [1.54, 1.807) is 37.5 Å². The molecule has 0 atom stereocenters. The highest BCUT2D eigenvalue weighted by atomic mass is 16.6. The number of carbonyl (C=O) groups is 1. The van der Waals surface area contributed by atoms with Gasteiger partial charge in [0.15, 0.2) is 0 Å². The number of amides is 1. The molecule has 0 aromatic carbocycles. The fourth-order valence-electron chi connectivity index (χ4n) is 1.80. The fraction of sp³-hybridized carbons (Fsp3) is 0.571. The van der Waals surface area contributed by atoms with Crippen molar-refractivity contribution in [3.63, 3.8) is 0 Å². The maximum absolute atomic E-state index is 12.2. The Hall–Kier alpha value is -1.78. The number of ether oxygens (including phenoxy) is 1. The molecule has 0 aliphatic heterocycles. The molecule has 1 N–H and O–H groups in total. The molecule has 1 rings (SSSR count). The normalized spacial score (nSPS) is 11.5. The van der Waals surface area contributed by atoms with Gasteiger partial charge in [-0.15, -0.1) is 0 Å². The van der Waals surface area contributed by atoms with Crippen LogP contribution in [0.15, 0.2) is 16.9 Å². The third-order valence-corrected chi connectivity index (χ3v) is 2.47. The lowest BCUT2D eigenvalue weighted by Crippen LogP contribution is -2.32. The predicted octanol–water partition coefficient (Wildman–Crippen LogP) is 3.08. The number of rotatable bonds is 2. The summed E-state index contributed by atoms with van der Waals surface area (Å²) in [6, 6.07) is 3.43. The summed E-state index contributed by atoms with van der Waals surface area (Å²) in [7, 11) is 0. The maximum Gasteiger partial charge on any atom is 0.412 e. The number of hydrogen-bond acceptors (Lipinski definition) is 3. The first kappa shape index (κ1) is 15.3. The largest absolute Gasteiger partial charge is 0.444 e. The number of aryl methyl sites for hydroxylation is 1. The quantitative estimate of drug-likeness (QED) is 0.894. The van der Waals surface area contributed by atoms with E-state index in [-0.39, 0.29) is 17.3 Å². The second-order valence-electron chi connectivity index (χ2n) is 5.78. The first-order valence-corrected chi connectivity index (χ1v) is 6.34. The van der Waals surface area contributed by atoms with E-state index in [1.807, 2.05) is 20.8 Å². The van der Waals surface area contributed by atoms with Gasteiger partial charge in [0.2, 0.25) is 0 Å². The minimum Gasteiger partial charge on any atom is -0.444 e. The second kappa shape index (κ2) is 5.47. The molecule has 1 heterocycles. The van der Waals surface area contributed by atoms with Crippen molar-refractivity contribution in [2.45, 2.75) is 53.2 Å². The van der Waals surface area contributed by atoms with E-state index < -0.39 is 11.7 Å². The number of nitrogens with zero attached hydrogens (tertiary/aromatic N) is 1. The van der Waals surface area contributed by atoms with Gasteiger partial charge in [-0.25, -0.2) is 4.79 Å². The van der Waals surface area contributed by atoms with Gasteiger partial charge >= 0.3 is 6.09 Å². The van der Waals surface area contributed by atoms with Crippen molar-refractivity contribution in [3.8, 4) is 0 Å². The molecule has 0 bridgehead atoms. The Balaban J connectivity index is 3.01. The Labute approximate surface area is 113 Å². The molecule has 1 aromatic heterocycles. The molecule has 0 spiro atoms. The van der Waals surface area contributed by atoms with Crippen LogP contribution in [-0.4, -0.2) is 16.3 Å². The summed E-state index contributed by atoms with van der Waals surface area (Å²) in [6.07, 6.45) is -0.622. The van der Waals surface area contributed by atoms with Gasteiger partial charge in [-0.3, -0.25) is 10.1 Å². The summed E-state index contributed by atoms with van der Waals surface area (Å²) in [6.45, 7) is 11.0. The Morgan fingerprint density at radius 3 is 2.37 bits per heavy atom. The van der Waals surface area contributed by atoms with Crippen molar-refractivity contribution >= 4 is 11.8 Å². The third-order valence-electron chi connectivity index (χ3n) is 2.47. The number of pyridine rings is 1. The Kier molecular flexibility index (Phi) is 4.39. The first-order valence-electron chi connectivity index (χ1n) is 6.34. The van der Waals surface area contributed by atoms with E-state index >= 15 is 0 Å². The Bertz CT molecular complexity index is 524. The van der Waals surface area contributed by atoms with Crippen molar-refractivity contribution in [1.29, 1.82) is 0 Å². The number of anilines is 1. The molecule has 1 amide bonds. The topological polar surface area (TPSA) is 60.3 Å². The van der Waals surface area contributed by atoms with Crippen LogP contribution in [0.4, 0.5) is 10.5 Å². The Morgan fingerprint density at radius 2 is 1.89 bits per heavy atom. The van der Waals surface area contributed by atoms with Crippen LogP contribution < -0.4 is 10.9 Å². The lowest BCUT2D eigenvalue weighted by molar-refractivity contribution is 0.0635. The zero-order chi connectivity index (χ0) is 14.8. The van der Waals surface area contributed by atoms with Crippen LogP contribution in [0.2, 0.25) is 0 Å². The zero-order valence-corrected chi connectivity index (χ0v) is 12.4. The van der Waals surface area contributed by atoms with Crippen LogP contribution in [0.25, 0.3) is 0 Å². The maximum atomic E-state index is 12.2. The average Bonchev–Trinajstić information content (AvgIpc) is 2.19. The highest BCUT2D eigenvalue weighted by Gasteiger charge is 2.18. The molecular weight excluding hydrogens is 244 g/mol. The number of carbonyl (C=O) groups excluding carboxylic acids is 1. The molecule has 5 heteroatoms. The zero-order valence-electron chi connectivity index (χ0n) is 12.4. The van der Waals surface area contributed by atoms with Gasteiger partial charge in [-0.1, -0.05) is 0 Å². The predicted molar refractivity (Wildman–Crippen MR) is 75.7 cm³/mol. The first-order chi connectivity index (χ1) is 8.61. The van der Waals surface area contributed by atoms with Gasteiger partial charge < -0.3 is 9.30 Å². The van der Waals surface area contributed by atoms with E-state index in [4.69, 9.17) is 4.74 Å². The van der Waals surface area contributed by atoms with E-state index in [9.17, 15) is 9.59 Å². The summed E-state index contributed by atoms with van der Waals surface area (Å²) >= 11 is 0. The van der Waals surface area contributed by atoms with Crippen molar-refractivity contribution < 1.29 is 9.53 Å². The summed E-state index contributed by atoms with van der Waals surface area (Å²) in [5.74, 6) is 0. The highest BCUT2D eigenvalue weighted by molar-refractivity contribution is 5.84. The van der Waals surface area contributed by atoms with Crippen LogP contribution in [0, 0.1) is 6.92 Å². The fourth-order valence-corrected chi connectivity index (χ4v) is 1.80. The smallest absolute Gasteiger partial charge is 0.412 e. The molecule has 0 aliphatic rings. The molecule has 0 radical (unpaired) electrons. The van der Waals surface area contributed by atoms with E-state index in [0.29, 0.717) is 0 Å². The van der Waals surface area contributed by atoms with Crippen LogP contribution in [-0.2, 0) is 4.74 Å². The summed E-state index contributed by atoms with van der Waals surface area (Å²) in [4.78, 5) is 23.9. The molecule has 0 aliphatic carbocycles. The summed E-state index contributed by atoms with van der Waals surface area (Å²) in [5, 5.41) is 2.49. The lowest BCUT2D eigenvalue weighted by Gasteiger charge is -2.20. The van der Waals surface area contributed by atoms with Gasteiger partial charge in [-0.05, 0) is 53.7 Å². The van der Waals surface area contributed by atoms with Crippen molar-refractivity contribution in [3.05, 3.63) is 28.2 Å². The average molecular weight is 266 g/mol. The SMILES string of the molecule is Cc1ccc(NC(=O)OC(C)(C)C)c(=O)n1C(C)C. The third kappa shape index (κ3) is 4.12. The molecule has 0 saturated carbocycles. The van der Waals surface area contributed by atoms with Crippen molar-refractivity contribution in [2.24, 2.45) is 0 Å². The monoisotopic (exact) mass is 266 g/mol. The van der Waals surface area contributed by atoms with Crippen LogP contribution in [0.5, 0.6) is 0 Å². The van der Waals surface area contributed by atoms with Crippen LogP contribution in [0.3, 0.4) is 0 Å². The molecule has 1 aromatic rings. The van der Waals surface area contributed by atoms with E-state index in [1.165, 1.54) is 0 Å².